The average molecular weight is 508 g/mol. The van der Waals surface area contributed by atoms with E-state index in [-0.39, 0.29) is 24.5 Å². The maximum absolute atomic E-state index is 11.7. The lowest BCUT2D eigenvalue weighted by molar-refractivity contribution is -0.112. The molecule has 6 rings (SSSR count). The molecule has 1 saturated heterocycles. The molecule has 1 fully saturated rings. The third-order valence-corrected chi connectivity index (χ3v) is 7.91. The van der Waals surface area contributed by atoms with Crippen LogP contribution in [-0.4, -0.2) is 34.6 Å². The molecular weight excluding hydrogens is 482 g/mol. The van der Waals surface area contributed by atoms with Crippen LogP contribution in [0.3, 0.4) is 0 Å². The van der Waals surface area contributed by atoms with Gasteiger partial charge < -0.3 is 24.4 Å². The lowest BCUT2D eigenvalue weighted by atomic mass is 9.76. The molecule has 8 heteroatoms. The van der Waals surface area contributed by atoms with Crippen molar-refractivity contribution < 1.29 is 24.4 Å². The van der Waals surface area contributed by atoms with Crippen molar-refractivity contribution in [3.63, 3.8) is 0 Å². The Morgan fingerprint density at radius 1 is 0.974 bits per heavy atom. The SMILES string of the molecule is CO[C@H]1C[C@@]2(CCOc3ccc(C#N)cc3)O[C@]1(C)c1c2c(O)n(-c2ccc(C#N)c3ccccc23)c1O. The third-order valence-electron chi connectivity index (χ3n) is 7.91. The number of fused-ring (bicyclic) bond motifs is 6. The average Bonchev–Trinajstić information content (AvgIpc) is 3.49. The molecule has 3 aromatic carbocycles. The van der Waals surface area contributed by atoms with Crippen LogP contribution in [0, 0.1) is 22.7 Å². The summed E-state index contributed by atoms with van der Waals surface area (Å²) in [5.41, 5.74) is 0.730. The van der Waals surface area contributed by atoms with Gasteiger partial charge >= 0.3 is 0 Å². The number of hydrogen-bond donors (Lipinski definition) is 2. The quantitative estimate of drug-likeness (QED) is 0.372. The summed E-state index contributed by atoms with van der Waals surface area (Å²) in [5, 5.41) is 43.3. The van der Waals surface area contributed by atoms with E-state index in [1.54, 1.807) is 43.5 Å². The second kappa shape index (κ2) is 8.53. The smallest absolute Gasteiger partial charge is 0.205 e. The first kappa shape index (κ1) is 23.9. The molecule has 0 saturated carbocycles. The molecule has 2 aliphatic rings. The summed E-state index contributed by atoms with van der Waals surface area (Å²) < 4.78 is 19.8. The standard InChI is InChI=1S/C30H25N3O5/c1-29-24(36-2)15-30(38-29,13-14-37-20-10-7-18(16-31)8-11-20)26-25(29)27(34)33(28(26)35)23-12-9-19(17-32)21-5-3-4-6-22(21)23/h3-12,24,34-35H,13-15H2,1-2H3/t24-,29-,30+/m0/s1. The Morgan fingerprint density at radius 3 is 2.37 bits per heavy atom. The van der Waals surface area contributed by atoms with Crippen molar-refractivity contribution in [3.05, 3.63) is 82.9 Å². The van der Waals surface area contributed by atoms with Crippen molar-refractivity contribution >= 4 is 10.8 Å². The lowest BCUT2D eigenvalue weighted by Crippen LogP contribution is -2.35. The molecule has 8 nitrogen and oxygen atoms in total. The van der Waals surface area contributed by atoms with Gasteiger partial charge in [-0.05, 0) is 43.3 Å². The fraction of sp³-hybridized carbons (Fsp3) is 0.267. The van der Waals surface area contributed by atoms with Gasteiger partial charge in [-0.2, -0.15) is 10.5 Å². The molecule has 2 bridgehead atoms. The van der Waals surface area contributed by atoms with E-state index in [1.807, 2.05) is 31.2 Å². The molecule has 1 aromatic heterocycles. The van der Waals surface area contributed by atoms with Crippen LogP contribution < -0.4 is 4.74 Å². The van der Waals surface area contributed by atoms with Crippen molar-refractivity contribution in [2.75, 3.05) is 13.7 Å². The first-order valence-electron chi connectivity index (χ1n) is 12.3. The van der Waals surface area contributed by atoms with Crippen LogP contribution in [-0.2, 0) is 20.7 Å². The number of nitriles is 2. The summed E-state index contributed by atoms with van der Waals surface area (Å²) >= 11 is 0. The largest absolute Gasteiger partial charge is 0.494 e. The number of nitrogens with zero attached hydrogens (tertiary/aromatic N) is 3. The zero-order valence-corrected chi connectivity index (χ0v) is 20.9. The molecule has 0 radical (unpaired) electrons. The number of rotatable bonds is 6. The molecular formula is C30H25N3O5. The minimum atomic E-state index is -0.978. The number of aromatic hydroxyl groups is 2. The topological polar surface area (TPSA) is 121 Å². The molecule has 0 spiro atoms. The van der Waals surface area contributed by atoms with Crippen LogP contribution in [0.5, 0.6) is 17.5 Å². The Morgan fingerprint density at radius 2 is 1.68 bits per heavy atom. The summed E-state index contributed by atoms with van der Waals surface area (Å²) in [4.78, 5) is 0. The first-order valence-corrected chi connectivity index (χ1v) is 12.3. The number of methoxy groups -OCH3 is 1. The number of benzene rings is 3. The lowest BCUT2D eigenvalue weighted by Gasteiger charge is -2.29. The van der Waals surface area contributed by atoms with Crippen LogP contribution in [0.15, 0.2) is 60.7 Å². The molecule has 190 valence electrons. The van der Waals surface area contributed by atoms with E-state index in [4.69, 9.17) is 19.5 Å². The van der Waals surface area contributed by atoms with E-state index in [9.17, 15) is 15.5 Å². The fourth-order valence-corrected chi connectivity index (χ4v) is 6.17. The Labute approximate surface area is 219 Å². The van der Waals surface area contributed by atoms with E-state index in [0.29, 0.717) is 46.5 Å². The summed E-state index contributed by atoms with van der Waals surface area (Å²) in [6.07, 6.45) is 0.541. The van der Waals surface area contributed by atoms with Crippen molar-refractivity contribution in [2.24, 2.45) is 0 Å². The number of ether oxygens (including phenoxy) is 3. The van der Waals surface area contributed by atoms with E-state index in [2.05, 4.69) is 12.1 Å². The van der Waals surface area contributed by atoms with Crippen LogP contribution >= 0.6 is 0 Å². The zero-order chi connectivity index (χ0) is 26.7. The highest BCUT2D eigenvalue weighted by Gasteiger charge is 2.66. The van der Waals surface area contributed by atoms with Crippen molar-refractivity contribution in [1.82, 2.24) is 4.57 Å². The van der Waals surface area contributed by atoms with Crippen LogP contribution in [0.2, 0.25) is 0 Å². The molecule has 4 aromatic rings. The molecule has 2 aliphatic heterocycles. The molecule has 0 amide bonds. The predicted octanol–water partition coefficient (Wildman–Crippen LogP) is 5.11. The van der Waals surface area contributed by atoms with Crippen molar-refractivity contribution in [2.45, 2.75) is 37.1 Å². The maximum Gasteiger partial charge on any atom is 0.205 e. The zero-order valence-electron chi connectivity index (χ0n) is 20.9. The van der Waals surface area contributed by atoms with Gasteiger partial charge in [0.05, 0.1) is 52.8 Å². The highest BCUT2D eigenvalue weighted by molar-refractivity contribution is 5.95. The number of aromatic nitrogens is 1. The van der Waals surface area contributed by atoms with Crippen LogP contribution in [0.4, 0.5) is 0 Å². The second-order valence-electron chi connectivity index (χ2n) is 9.89. The normalized spacial score (nSPS) is 23.2. The fourth-order valence-electron chi connectivity index (χ4n) is 6.17. The summed E-state index contributed by atoms with van der Waals surface area (Å²) in [6, 6.07) is 22.0. The molecule has 0 aliphatic carbocycles. The Bertz CT molecular complexity index is 1660. The predicted molar refractivity (Wildman–Crippen MR) is 138 cm³/mol. The monoisotopic (exact) mass is 507 g/mol. The Kier molecular flexibility index (Phi) is 5.36. The van der Waals surface area contributed by atoms with Gasteiger partial charge in [0.1, 0.15) is 17.0 Å². The third kappa shape index (κ3) is 3.21. The van der Waals surface area contributed by atoms with E-state index >= 15 is 0 Å². The van der Waals surface area contributed by atoms with Gasteiger partial charge in [0.25, 0.3) is 0 Å². The van der Waals surface area contributed by atoms with Crippen LogP contribution in [0.1, 0.15) is 42.0 Å². The molecule has 38 heavy (non-hydrogen) atoms. The highest BCUT2D eigenvalue weighted by Crippen LogP contribution is 2.66. The molecule has 3 heterocycles. The van der Waals surface area contributed by atoms with Gasteiger partial charge in [-0.25, -0.2) is 0 Å². The van der Waals surface area contributed by atoms with Crippen LogP contribution in [0.25, 0.3) is 16.5 Å². The van der Waals surface area contributed by atoms with Gasteiger partial charge in [-0.15, -0.1) is 0 Å². The number of hydrogen-bond acceptors (Lipinski definition) is 7. The molecule has 2 N–H and O–H groups in total. The molecule has 0 unspecified atom stereocenters. The second-order valence-corrected chi connectivity index (χ2v) is 9.89. The van der Waals surface area contributed by atoms with E-state index in [0.717, 1.165) is 10.8 Å². The summed E-state index contributed by atoms with van der Waals surface area (Å²) in [7, 11) is 1.61. The molecule has 3 atom stereocenters. The van der Waals surface area contributed by atoms with Crippen molar-refractivity contribution in [3.8, 4) is 35.3 Å². The summed E-state index contributed by atoms with van der Waals surface area (Å²) in [6.45, 7) is 2.15. The Hall–Kier alpha value is -4.50. The van der Waals surface area contributed by atoms with Gasteiger partial charge in [-0.1, -0.05) is 24.3 Å². The van der Waals surface area contributed by atoms with Gasteiger partial charge in [0.15, 0.2) is 0 Å². The van der Waals surface area contributed by atoms with Gasteiger partial charge in [-0.3, -0.25) is 4.57 Å². The van der Waals surface area contributed by atoms with Crippen molar-refractivity contribution in [1.29, 1.82) is 10.5 Å². The van der Waals surface area contributed by atoms with Gasteiger partial charge in [0, 0.05) is 30.7 Å². The first-order chi connectivity index (χ1) is 18.4. The van der Waals surface area contributed by atoms with E-state index in [1.165, 1.54) is 4.57 Å². The van der Waals surface area contributed by atoms with E-state index < -0.39 is 11.2 Å². The maximum atomic E-state index is 11.7. The van der Waals surface area contributed by atoms with Gasteiger partial charge in [0.2, 0.25) is 11.8 Å². The minimum absolute atomic E-state index is 0.107. The minimum Gasteiger partial charge on any atom is -0.494 e. The highest BCUT2D eigenvalue weighted by atomic mass is 16.6. The summed E-state index contributed by atoms with van der Waals surface area (Å²) in [5.74, 6) is 0.395. The Balaban J connectivity index is 1.44.